The summed E-state index contributed by atoms with van der Waals surface area (Å²) in [5.41, 5.74) is 7.92. The van der Waals surface area contributed by atoms with Crippen LogP contribution in [0.25, 0.3) is 0 Å². The van der Waals surface area contributed by atoms with Gasteiger partial charge in [-0.1, -0.05) is 76.9 Å². The quantitative estimate of drug-likeness (QED) is 0.0995. The van der Waals surface area contributed by atoms with Crippen LogP contribution >= 0.6 is 0 Å². The monoisotopic (exact) mass is 745 g/mol. The molecule has 14 nitrogen and oxygen atoms in total. The Morgan fingerprint density at radius 3 is 2.19 bits per heavy atom. The van der Waals surface area contributed by atoms with Crippen molar-refractivity contribution in [3.8, 4) is 0 Å². The molecule has 5 amide bonds. The molecule has 54 heavy (non-hydrogen) atoms. The van der Waals surface area contributed by atoms with E-state index in [1.165, 1.54) is 4.90 Å². The van der Waals surface area contributed by atoms with Gasteiger partial charge >= 0.3 is 0 Å². The Hall–Kier alpha value is -5.11. The van der Waals surface area contributed by atoms with Crippen molar-refractivity contribution in [3.05, 3.63) is 64.7 Å². The standard InChI is InChI=1S/C40H55N7O7/c1-5-12-28(41)37(51)46-30(13-6-2)38(52)44-23-33(48)45-31(22-24(3)4)40(54)47-21-10-18-32(47)39(53)43-20-11-19-42-29-17-9-16-27-34(29)36(50)26-15-8-7-14-25(26)35(27)49/h7-9,14-17,24,28,30-32,42H,5-6,10-13,18-23,41H2,1-4H3,(H,43,53)(H,44,52)(H,45,48)(H,46,51)/t28-,30-,31-,32-/m0/s1. The van der Waals surface area contributed by atoms with Gasteiger partial charge in [0.25, 0.3) is 0 Å². The lowest BCUT2D eigenvalue weighted by Crippen LogP contribution is -2.56. The Morgan fingerprint density at radius 1 is 0.815 bits per heavy atom. The number of anilines is 1. The molecule has 292 valence electrons. The van der Waals surface area contributed by atoms with Gasteiger partial charge in [-0.25, -0.2) is 0 Å². The first-order chi connectivity index (χ1) is 25.9. The van der Waals surface area contributed by atoms with Gasteiger partial charge in [0, 0.05) is 42.0 Å². The van der Waals surface area contributed by atoms with E-state index in [9.17, 15) is 33.6 Å². The van der Waals surface area contributed by atoms with Crippen molar-refractivity contribution < 1.29 is 33.6 Å². The van der Waals surface area contributed by atoms with Crippen molar-refractivity contribution in [2.75, 3.05) is 31.5 Å². The fourth-order valence-corrected chi connectivity index (χ4v) is 6.94. The lowest BCUT2D eigenvalue weighted by Gasteiger charge is -2.29. The van der Waals surface area contributed by atoms with Gasteiger partial charge in [0.05, 0.1) is 18.2 Å². The highest BCUT2D eigenvalue weighted by Crippen LogP contribution is 2.32. The van der Waals surface area contributed by atoms with Gasteiger partial charge in [0.1, 0.15) is 18.1 Å². The third kappa shape index (κ3) is 10.5. The van der Waals surface area contributed by atoms with Crippen molar-refractivity contribution in [3.63, 3.8) is 0 Å². The zero-order chi connectivity index (χ0) is 39.4. The Balaban J connectivity index is 1.28. The summed E-state index contributed by atoms with van der Waals surface area (Å²) >= 11 is 0. The number of nitrogens with two attached hydrogens (primary N) is 1. The van der Waals surface area contributed by atoms with E-state index in [4.69, 9.17) is 5.73 Å². The van der Waals surface area contributed by atoms with E-state index in [2.05, 4.69) is 26.6 Å². The van der Waals surface area contributed by atoms with E-state index in [1.807, 2.05) is 27.7 Å². The topological polar surface area (TPSA) is 209 Å². The Bertz CT molecular complexity index is 1710. The molecule has 1 heterocycles. The minimum Gasteiger partial charge on any atom is -0.384 e. The van der Waals surface area contributed by atoms with Crippen LogP contribution in [-0.4, -0.2) is 96.3 Å². The van der Waals surface area contributed by atoms with Crippen LogP contribution in [0, 0.1) is 5.92 Å². The third-order valence-corrected chi connectivity index (χ3v) is 9.67. The summed E-state index contributed by atoms with van der Waals surface area (Å²) < 4.78 is 0. The summed E-state index contributed by atoms with van der Waals surface area (Å²) in [5, 5.41) is 14.2. The van der Waals surface area contributed by atoms with Gasteiger partial charge < -0.3 is 37.2 Å². The summed E-state index contributed by atoms with van der Waals surface area (Å²) in [5.74, 6) is -2.51. The van der Waals surface area contributed by atoms with Gasteiger partial charge in [-0.15, -0.1) is 0 Å². The summed E-state index contributed by atoms with van der Waals surface area (Å²) in [6.45, 7) is 8.35. The number of rotatable bonds is 19. The Morgan fingerprint density at radius 2 is 1.50 bits per heavy atom. The molecule has 0 saturated carbocycles. The molecule has 14 heteroatoms. The summed E-state index contributed by atoms with van der Waals surface area (Å²) in [6.07, 6.45) is 4.16. The molecule has 1 saturated heterocycles. The van der Waals surface area contributed by atoms with Crippen molar-refractivity contribution in [1.29, 1.82) is 0 Å². The number of hydrogen-bond acceptors (Lipinski definition) is 9. The molecule has 0 unspecified atom stereocenters. The predicted molar refractivity (Wildman–Crippen MR) is 205 cm³/mol. The normalized spacial score (nSPS) is 16.5. The highest BCUT2D eigenvalue weighted by atomic mass is 16.2. The highest BCUT2D eigenvalue weighted by molar-refractivity contribution is 6.30. The zero-order valence-corrected chi connectivity index (χ0v) is 31.8. The van der Waals surface area contributed by atoms with Gasteiger partial charge in [-0.05, 0) is 50.5 Å². The fourth-order valence-electron chi connectivity index (χ4n) is 6.94. The average molecular weight is 746 g/mol. The number of benzene rings is 2. The molecule has 2 aliphatic rings. The number of ketones is 2. The largest absolute Gasteiger partial charge is 0.384 e. The van der Waals surface area contributed by atoms with Crippen molar-refractivity contribution >= 4 is 46.8 Å². The van der Waals surface area contributed by atoms with Crippen molar-refractivity contribution in [2.45, 2.75) is 103 Å². The lowest BCUT2D eigenvalue weighted by molar-refractivity contribution is -0.141. The van der Waals surface area contributed by atoms with E-state index in [1.54, 1.807) is 42.5 Å². The highest BCUT2D eigenvalue weighted by Gasteiger charge is 2.38. The van der Waals surface area contributed by atoms with Gasteiger partial charge in [-0.3, -0.25) is 33.6 Å². The first-order valence-electron chi connectivity index (χ1n) is 19.1. The molecule has 2 aromatic carbocycles. The Labute approximate surface area is 317 Å². The number of hydrogen-bond donors (Lipinski definition) is 6. The molecular weight excluding hydrogens is 690 g/mol. The molecule has 0 aromatic heterocycles. The van der Waals surface area contributed by atoms with Crippen LogP contribution in [0.2, 0.25) is 0 Å². The summed E-state index contributed by atoms with van der Waals surface area (Å²) in [7, 11) is 0. The number of carbonyl (C=O) groups excluding carboxylic acids is 7. The molecule has 4 rings (SSSR count). The fraction of sp³-hybridized carbons (Fsp3) is 0.525. The SMILES string of the molecule is CCC[C@H](NC(=O)[C@@H](N)CCC)C(=O)NCC(=O)N[C@@H](CC(C)C)C(=O)N1CCC[C@H]1C(=O)NCCCNc1cccc2c1C(=O)c1ccccc1C2=O. The maximum absolute atomic E-state index is 13.8. The number of nitrogens with zero attached hydrogens (tertiary/aromatic N) is 1. The second-order valence-corrected chi connectivity index (χ2v) is 14.4. The zero-order valence-electron chi connectivity index (χ0n) is 31.8. The van der Waals surface area contributed by atoms with Crippen LogP contribution in [0.15, 0.2) is 42.5 Å². The van der Waals surface area contributed by atoms with Crippen LogP contribution < -0.4 is 32.3 Å². The van der Waals surface area contributed by atoms with E-state index in [-0.39, 0.29) is 35.8 Å². The number of nitrogens with one attached hydrogen (secondary N) is 5. The van der Waals surface area contributed by atoms with E-state index < -0.39 is 41.9 Å². The molecule has 4 atom stereocenters. The molecule has 1 aliphatic heterocycles. The van der Waals surface area contributed by atoms with Crippen LogP contribution in [0.5, 0.6) is 0 Å². The molecule has 7 N–H and O–H groups in total. The molecule has 0 radical (unpaired) electrons. The molecule has 1 aliphatic carbocycles. The second-order valence-electron chi connectivity index (χ2n) is 14.4. The summed E-state index contributed by atoms with van der Waals surface area (Å²) in [4.78, 5) is 93.3. The van der Waals surface area contributed by atoms with Crippen LogP contribution in [0.1, 0.15) is 111 Å². The van der Waals surface area contributed by atoms with Gasteiger partial charge in [0.2, 0.25) is 29.5 Å². The molecule has 2 aromatic rings. The maximum Gasteiger partial charge on any atom is 0.245 e. The second kappa shape index (κ2) is 19.8. The number of fused-ring (bicyclic) bond motifs is 2. The Kier molecular flexibility index (Phi) is 15.3. The third-order valence-electron chi connectivity index (χ3n) is 9.67. The molecular formula is C40H55N7O7. The first kappa shape index (κ1) is 41.6. The van der Waals surface area contributed by atoms with Gasteiger partial charge in [-0.2, -0.15) is 0 Å². The van der Waals surface area contributed by atoms with E-state index in [0.717, 1.165) is 6.42 Å². The van der Waals surface area contributed by atoms with Crippen LogP contribution in [-0.2, 0) is 24.0 Å². The number of amides is 5. The van der Waals surface area contributed by atoms with Crippen molar-refractivity contribution in [1.82, 2.24) is 26.2 Å². The molecule has 0 spiro atoms. The average Bonchev–Trinajstić information content (AvgIpc) is 3.65. The van der Waals surface area contributed by atoms with Crippen LogP contribution in [0.3, 0.4) is 0 Å². The minimum atomic E-state index is -0.899. The lowest BCUT2D eigenvalue weighted by atomic mass is 9.83. The molecule has 0 bridgehead atoms. The van der Waals surface area contributed by atoms with E-state index in [0.29, 0.717) is 92.5 Å². The smallest absolute Gasteiger partial charge is 0.245 e. The number of carbonyl (C=O) groups is 7. The predicted octanol–water partition coefficient (Wildman–Crippen LogP) is 2.43. The molecule has 1 fully saturated rings. The number of likely N-dealkylation sites (tertiary alicyclic amines) is 1. The summed E-state index contributed by atoms with van der Waals surface area (Å²) in [6, 6.07) is 8.75. The maximum atomic E-state index is 13.8. The van der Waals surface area contributed by atoms with E-state index >= 15 is 0 Å². The van der Waals surface area contributed by atoms with Crippen LogP contribution in [0.4, 0.5) is 5.69 Å². The van der Waals surface area contributed by atoms with Gasteiger partial charge in [0.15, 0.2) is 11.6 Å². The minimum absolute atomic E-state index is 0.0473. The first-order valence-corrected chi connectivity index (χ1v) is 19.1. The van der Waals surface area contributed by atoms with Crippen molar-refractivity contribution in [2.24, 2.45) is 11.7 Å².